The lowest BCUT2D eigenvalue weighted by Gasteiger charge is -2.34. The molecular formula is C24H27N5O5S. The van der Waals surface area contributed by atoms with Gasteiger partial charge in [0.05, 0.1) is 31.7 Å². The number of carbonyl (C=O) groups excluding carboxylic acids is 1. The zero-order valence-electron chi connectivity index (χ0n) is 19.5. The molecule has 1 amide bonds. The van der Waals surface area contributed by atoms with E-state index in [2.05, 4.69) is 15.3 Å². The number of methoxy groups -OCH3 is 2. The number of benzene rings is 2. The van der Waals surface area contributed by atoms with Crippen molar-refractivity contribution in [2.24, 2.45) is 0 Å². The maximum absolute atomic E-state index is 13.1. The molecule has 0 spiro atoms. The summed E-state index contributed by atoms with van der Waals surface area (Å²) < 4.78 is 38.1. The third-order valence-electron chi connectivity index (χ3n) is 5.70. The Balaban J connectivity index is 1.35. The maximum atomic E-state index is 13.1. The molecule has 3 aromatic rings. The molecule has 1 aromatic heterocycles. The molecule has 0 saturated carbocycles. The molecule has 35 heavy (non-hydrogen) atoms. The summed E-state index contributed by atoms with van der Waals surface area (Å²) >= 11 is 0. The van der Waals surface area contributed by atoms with Crippen LogP contribution in [0.4, 0.5) is 11.5 Å². The summed E-state index contributed by atoms with van der Waals surface area (Å²) in [5.41, 5.74) is 1.28. The number of hydrogen-bond acceptors (Lipinski definition) is 8. The van der Waals surface area contributed by atoms with Gasteiger partial charge in [0.1, 0.15) is 5.82 Å². The second-order valence-electron chi connectivity index (χ2n) is 7.89. The molecule has 2 aromatic carbocycles. The first-order valence-electron chi connectivity index (χ1n) is 11.0. The normalized spacial score (nSPS) is 14.4. The zero-order chi connectivity index (χ0) is 24.8. The molecule has 0 radical (unpaired) electrons. The molecule has 10 nitrogen and oxygen atoms in total. The van der Waals surface area contributed by atoms with E-state index < -0.39 is 10.0 Å². The van der Waals surface area contributed by atoms with E-state index in [1.807, 2.05) is 4.90 Å². The predicted octanol–water partition coefficient (Wildman–Crippen LogP) is 2.19. The lowest BCUT2D eigenvalue weighted by atomic mass is 10.1. The highest BCUT2D eigenvalue weighted by Crippen LogP contribution is 2.28. The van der Waals surface area contributed by atoms with E-state index in [1.165, 1.54) is 23.5 Å². The van der Waals surface area contributed by atoms with Crippen LogP contribution in [-0.2, 0) is 21.2 Å². The van der Waals surface area contributed by atoms with Gasteiger partial charge in [0, 0.05) is 44.3 Å². The summed E-state index contributed by atoms with van der Waals surface area (Å²) in [6.45, 7) is 1.76. The Hall–Kier alpha value is -3.70. The highest BCUT2D eigenvalue weighted by molar-refractivity contribution is 7.89. The quantitative estimate of drug-likeness (QED) is 0.504. The van der Waals surface area contributed by atoms with E-state index in [0.29, 0.717) is 43.4 Å². The van der Waals surface area contributed by atoms with Gasteiger partial charge in [0.15, 0.2) is 11.5 Å². The molecule has 1 aliphatic heterocycles. The number of aromatic nitrogens is 2. The van der Waals surface area contributed by atoms with Gasteiger partial charge in [-0.3, -0.25) is 9.78 Å². The first-order chi connectivity index (χ1) is 16.9. The molecule has 4 rings (SSSR count). The number of hydrogen-bond donors (Lipinski definition) is 1. The molecule has 1 N–H and O–H groups in total. The number of nitrogens with one attached hydrogen (secondary N) is 1. The van der Waals surface area contributed by atoms with E-state index in [4.69, 9.17) is 9.47 Å². The number of piperazine rings is 1. The van der Waals surface area contributed by atoms with E-state index in [-0.39, 0.29) is 17.2 Å². The van der Waals surface area contributed by atoms with Crippen molar-refractivity contribution in [2.45, 2.75) is 11.3 Å². The number of rotatable bonds is 8. The predicted molar refractivity (Wildman–Crippen MR) is 131 cm³/mol. The first kappa shape index (κ1) is 24.4. The molecule has 2 heterocycles. The van der Waals surface area contributed by atoms with Crippen molar-refractivity contribution in [1.82, 2.24) is 14.3 Å². The third-order valence-corrected chi connectivity index (χ3v) is 7.61. The summed E-state index contributed by atoms with van der Waals surface area (Å²) in [7, 11) is -0.557. The van der Waals surface area contributed by atoms with Crippen molar-refractivity contribution in [3.05, 3.63) is 66.6 Å². The van der Waals surface area contributed by atoms with Crippen LogP contribution in [0.25, 0.3) is 0 Å². The molecule has 1 saturated heterocycles. The summed E-state index contributed by atoms with van der Waals surface area (Å²) in [5, 5.41) is 2.80. The van der Waals surface area contributed by atoms with Crippen LogP contribution < -0.4 is 19.7 Å². The Morgan fingerprint density at radius 1 is 0.971 bits per heavy atom. The fourth-order valence-corrected chi connectivity index (χ4v) is 5.27. The summed E-state index contributed by atoms with van der Waals surface area (Å²) in [6, 6.07) is 11.5. The Morgan fingerprint density at radius 2 is 1.69 bits per heavy atom. The van der Waals surface area contributed by atoms with Gasteiger partial charge in [-0.05, 0) is 42.0 Å². The van der Waals surface area contributed by atoms with Gasteiger partial charge in [-0.2, -0.15) is 4.31 Å². The molecule has 0 bridgehead atoms. The molecule has 0 unspecified atom stereocenters. The average molecular weight is 498 g/mol. The first-order valence-corrected chi connectivity index (χ1v) is 12.5. The number of sulfonamides is 1. The summed E-state index contributed by atoms with van der Waals surface area (Å²) in [6.07, 6.45) is 5.03. The molecule has 1 fully saturated rings. The van der Waals surface area contributed by atoms with Crippen LogP contribution in [0.1, 0.15) is 5.56 Å². The number of anilines is 2. The zero-order valence-corrected chi connectivity index (χ0v) is 20.4. The third kappa shape index (κ3) is 5.69. The Bertz CT molecular complexity index is 1260. The fourth-order valence-electron chi connectivity index (χ4n) is 3.85. The van der Waals surface area contributed by atoms with Crippen LogP contribution in [0.2, 0.25) is 0 Å². The fraction of sp³-hybridized carbons (Fsp3) is 0.292. The number of ether oxygens (including phenoxy) is 2. The van der Waals surface area contributed by atoms with Gasteiger partial charge in [0.2, 0.25) is 15.9 Å². The lowest BCUT2D eigenvalue weighted by Crippen LogP contribution is -2.48. The minimum Gasteiger partial charge on any atom is -0.493 e. The van der Waals surface area contributed by atoms with Crippen molar-refractivity contribution in [1.29, 1.82) is 0 Å². The Morgan fingerprint density at radius 3 is 2.31 bits per heavy atom. The van der Waals surface area contributed by atoms with Gasteiger partial charge >= 0.3 is 0 Å². The molecule has 11 heteroatoms. The van der Waals surface area contributed by atoms with Gasteiger partial charge in [-0.1, -0.05) is 6.07 Å². The van der Waals surface area contributed by atoms with Crippen LogP contribution in [0, 0.1) is 0 Å². The SMILES string of the molecule is COc1ccc(CC(=O)Nc2ccc(S(=O)(=O)N3CCN(c4cnccn4)CC3)cc2)cc1OC. The molecule has 0 atom stereocenters. The lowest BCUT2D eigenvalue weighted by molar-refractivity contribution is -0.115. The van der Waals surface area contributed by atoms with Crippen molar-refractivity contribution in [2.75, 3.05) is 50.6 Å². The molecule has 0 aliphatic carbocycles. The molecule has 184 valence electrons. The number of carbonyl (C=O) groups is 1. The molecule has 1 aliphatic rings. The van der Waals surface area contributed by atoms with Crippen molar-refractivity contribution in [3.63, 3.8) is 0 Å². The van der Waals surface area contributed by atoms with Gasteiger partial charge < -0.3 is 19.7 Å². The van der Waals surface area contributed by atoms with E-state index in [0.717, 1.165) is 11.4 Å². The topological polar surface area (TPSA) is 114 Å². The monoisotopic (exact) mass is 497 g/mol. The maximum Gasteiger partial charge on any atom is 0.243 e. The van der Waals surface area contributed by atoms with Crippen LogP contribution in [0.3, 0.4) is 0 Å². The van der Waals surface area contributed by atoms with Crippen LogP contribution in [0.15, 0.2) is 66.0 Å². The van der Waals surface area contributed by atoms with E-state index >= 15 is 0 Å². The smallest absolute Gasteiger partial charge is 0.243 e. The van der Waals surface area contributed by atoms with Crippen LogP contribution >= 0.6 is 0 Å². The van der Waals surface area contributed by atoms with Gasteiger partial charge in [-0.25, -0.2) is 13.4 Å². The average Bonchev–Trinajstić information content (AvgIpc) is 2.89. The van der Waals surface area contributed by atoms with Crippen molar-refractivity contribution < 1.29 is 22.7 Å². The van der Waals surface area contributed by atoms with Gasteiger partial charge in [0.25, 0.3) is 0 Å². The van der Waals surface area contributed by atoms with Crippen LogP contribution in [0.5, 0.6) is 11.5 Å². The van der Waals surface area contributed by atoms with Crippen LogP contribution in [-0.4, -0.2) is 69.0 Å². The largest absolute Gasteiger partial charge is 0.493 e. The Labute approximate surface area is 204 Å². The highest BCUT2D eigenvalue weighted by atomic mass is 32.2. The van der Waals surface area contributed by atoms with Crippen molar-refractivity contribution >= 4 is 27.4 Å². The minimum absolute atomic E-state index is 0.135. The standard InChI is InChI=1S/C24H27N5O5S/c1-33-21-8-3-18(15-22(21)34-2)16-24(30)27-19-4-6-20(7-5-19)35(31,32)29-13-11-28(12-14-29)23-17-25-9-10-26-23/h3-10,15,17H,11-14,16H2,1-2H3,(H,27,30). The van der Waals surface area contributed by atoms with E-state index in [1.54, 1.807) is 56.0 Å². The minimum atomic E-state index is -3.64. The number of nitrogens with zero attached hydrogens (tertiary/aromatic N) is 4. The second kappa shape index (κ2) is 10.7. The molecular weight excluding hydrogens is 470 g/mol. The number of amides is 1. The van der Waals surface area contributed by atoms with Crippen molar-refractivity contribution in [3.8, 4) is 11.5 Å². The summed E-state index contributed by atoms with van der Waals surface area (Å²) in [4.78, 5) is 23.0. The Kier molecular flexibility index (Phi) is 7.47. The second-order valence-corrected chi connectivity index (χ2v) is 9.83. The highest BCUT2D eigenvalue weighted by Gasteiger charge is 2.29. The summed E-state index contributed by atoms with van der Waals surface area (Å²) in [5.74, 6) is 1.64. The van der Waals surface area contributed by atoms with E-state index in [9.17, 15) is 13.2 Å². The van der Waals surface area contributed by atoms with Gasteiger partial charge in [-0.15, -0.1) is 0 Å².